The van der Waals surface area contributed by atoms with E-state index in [-0.39, 0.29) is 17.7 Å². The minimum atomic E-state index is -1.50. The molecule has 1 fully saturated rings. The van der Waals surface area contributed by atoms with Crippen LogP contribution in [0.5, 0.6) is 0 Å². The van der Waals surface area contributed by atoms with Crippen LogP contribution in [0.1, 0.15) is 66.3 Å². The standard InChI is InChI=1S/C32H41N5O3Si/c1-22(32(18-13-19-32)41(4,5)6)33-28-25-20-37(31(2,3)27(25)35-36-28)30(39)34-26(23-14-9-7-10-15-23)21-40-29(38)24-16-11-8-12-17-24/h7-12,14-17,26H,1,13,18-21H2,2-6H3,(H,34,39)(H2,33,35,36)/t26-/m1/s1. The lowest BCUT2D eigenvalue weighted by molar-refractivity contribution is 0.0459. The summed E-state index contributed by atoms with van der Waals surface area (Å²) in [5, 5.41) is 14.7. The molecule has 0 saturated heterocycles. The number of anilines is 1. The molecule has 0 bridgehead atoms. The van der Waals surface area contributed by atoms with Crippen molar-refractivity contribution in [2.24, 2.45) is 0 Å². The first-order valence-electron chi connectivity index (χ1n) is 14.3. The van der Waals surface area contributed by atoms with E-state index in [9.17, 15) is 9.59 Å². The van der Waals surface area contributed by atoms with E-state index in [2.05, 4.69) is 47.1 Å². The van der Waals surface area contributed by atoms with E-state index in [1.807, 2.05) is 50.2 Å². The number of esters is 1. The first kappa shape index (κ1) is 28.7. The zero-order valence-corrected chi connectivity index (χ0v) is 25.7. The third-order valence-corrected chi connectivity index (χ3v) is 12.8. The second kappa shape index (κ2) is 10.9. The number of benzene rings is 2. The summed E-state index contributed by atoms with van der Waals surface area (Å²) in [5.41, 5.74) is 3.63. The van der Waals surface area contributed by atoms with E-state index in [1.54, 1.807) is 29.2 Å². The molecule has 2 amide bonds. The van der Waals surface area contributed by atoms with Gasteiger partial charge in [0.25, 0.3) is 0 Å². The number of nitrogens with zero attached hydrogens (tertiary/aromatic N) is 2. The molecule has 1 atom stereocenters. The number of amides is 2. The summed E-state index contributed by atoms with van der Waals surface area (Å²) in [6.45, 7) is 16.1. The van der Waals surface area contributed by atoms with Gasteiger partial charge >= 0.3 is 12.0 Å². The lowest BCUT2D eigenvalue weighted by atomic mass is 9.81. The summed E-state index contributed by atoms with van der Waals surface area (Å²) >= 11 is 0. The van der Waals surface area contributed by atoms with Gasteiger partial charge in [0.05, 0.1) is 37.5 Å². The van der Waals surface area contributed by atoms with Gasteiger partial charge in [0.2, 0.25) is 0 Å². The Bertz CT molecular complexity index is 1420. The van der Waals surface area contributed by atoms with Gasteiger partial charge in [-0.1, -0.05) is 81.2 Å². The highest BCUT2D eigenvalue weighted by Crippen LogP contribution is 2.60. The predicted molar refractivity (Wildman–Crippen MR) is 164 cm³/mol. The summed E-state index contributed by atoms with van der Waals surface area (Å²) in [6, 6.07) is 17.7. The monoisotopic (exact) mass is 571 g/mol. The molecule has 41 heavy (non-hydrogen) atoms. The first-order chi connectivity index (χ1) is 19.4. The van der Waals surface area contributed by atoms with Crippen molar-refractivity contribution in [3.05, 3.63) is 95.3 Å². The average molecular weight is 572 g/mol. The van der Waals surface area contributed by atoms with Crippen LogP contribution in [-0.2, 0) is 16.8 Å². The summed E-state index contributed by atoms with van der Waals surface area (Å²) in [6.07, 6.45) is 3.56. The number of carbonyl (C=O) groups excluding carboxylic acids is 2. The zero-order valence-electron chi connectivity index (χ0n) is 24.7. The van der Waals surface area contributed by atoms with Crippen LogP contribution in [0.4, 0.5) is 10.6 Å². The molecule has 1 aromatic heterocycles. The van der Waals surface area contributed by atoms with Gasteiger partial charge in [-0.3, -0.25) is 5.10 Å². The Morgan fingerprint density at radius 1 is 1.07 bits per heavy atom. The fraction of sp³-hybridized carbons (Fsp3) is 0.406. The third-order valence-electron chi connectivity index (χ3n) is 9.10. The predicted octanol–water partition coefficient (Wildman–Crippen LogP) is 6.96. The number of aromatic nitrogens is 2. The molecule has 3 aromatic rings. The van der Waals surface area contributed by atoms with Gasteiger partial charge in [-0.25, -0.2) is 9.59 Å². The quantitative estimate of drug-likeness (QED) is 0.191. The minimum Gasteiger partial charge on any atom is -0.460 e. The Hall–Kier alpha value is -3.85. The molecule has 5 rings (SSSR count). The van der Waals surface area contributed by atoms with Gasteiger partial charge in [-0.15, -0.1) is 0 Å². The average Bonchev–Trinajstić information content (AvgIpc) is 3.43. The Kier molecular flexibility index (Phi) is 7.59. The number of rotatable bonds is 9. The SMILES string of the molecule is C=C(Nc1n[nH]c2c1CN(C(=O)N[C@H](COC(=O)c1ccccc1)c1ccccc1)C2(C)C)C1([Si](C)(C)C)CCC1. The van der Waals surface area contributed by atoms with E-state index < -0.39 is 25.6 Å². The Morgan fingerprint density at radius 3 is 2.29 bits per heavy atom. The third kappa shape index (κ3) is 5.30. The van der Waals surface area contributed by atoms with Crippen LogP contribution in [0, 0.1) is 0 Å². The van der Waals surface area contributed by atoms with Crippen LogP contribution in [0.15, 0.2) is 72.9 Å². The largest absolute Gasteiger partial charge is 0.460 e. The van der Waals surface area contributed by atoms with Gasteiger partial charge < -0.3 is 20.3 Å². The zero-order chi connectivity index (χ0) is 29.4. The number of urea groups is 1. The molecule has 0 unspecified atom stereocenters. The van der Waals surface area contributed by atoms with E-state index >= 15 is 0 Å². The number of H-pyrrole nitrogens is 1. The van der Waals surface area contributed by atoms with E-state index in [1.165, 1.54) is 6.42 Å². The summed E-state index contributed by atoms with van der Waals surface area (Å²) < 4.78 is 5.64. The molecule has 2 heterocycles. The molecule has 0 radical (unpaired) electrons. The fourth-order valence-corrected chi connectivity index (χ4v) is 9.01. The van der Waals surface area contributed by atoms with Crippen molar-refractivity contribution in [3.63, 3.8) is 0 Å². The van der Waals surface area contributed by atoms with E-state index in [4.69, 9.17) is 4.74 Å². The number of allylic oxidation sites excluding steroid dienone is 1. The lowest BCUT2D eigenvalue weighted by Gasteiger charge is -2.52. The van der Waals surface area contributed by atoms with Crippen molar-refractivity contribution in [1.29, 1.82) is 0 Å². The molecule has 8 nitrogen and oxygen atoms in total. The molecule has 2 aliphatic rings. The van der Waals surface area contributed by atoms with E-state index in [0.717, 1.165) is 41.2 Å². The Balaban J connectivity index is 1.31. The smallest absolute Gasteiger partial charge is 0.338 e. The molecule has 1 aliphatic heterocycles. The van der Waals surface area contributed by atoms with Crippen LogP contribution in [0.25, 0.3) is 0 Å². The minimum absolute atomic E-state index is 0.00993. The van der Waals surface area contributed by atoms with Gasteiger partial charge in [0.1, 0.15) is 6.61 Å². The maximum Gasteiger partial charge on any atom is 0.338 e. The molecular weight excluding hydrogens is 530 g/mol. The molecular formula is C32H41N5O3Si. The second-order valence-electron chi connectivity index (χ2n) is 12.7. The number of fused-ring (bicyclic) bond motifs is 1. The van der Waals surface area contributed by atoms with Crippen LogP contribution < -0.4 is 10.6 Å². The van der Waals surface area contributed by atoms with Gasteiger partial charge in [0.15, 0.2) is 5.82 Å². The summed E-state index contributed by atoms with van der Waals surface area (Å²) in [4.78, 5) is 28.3. The Morgan fingerprint density at radius 2 is 1.71 bits per heavy atom. The number of hydrogen-bond donors (Lipinski definition) is 3. The molecule has 1 aliphatic carbocycles. The Labute approximate surface area is 243 Å². The number of hydrogen-bond acceptors (Lipinski definition) is 5. The number of ether oxygens (including phenoxy) is 1. The summed E-state index contributed by atoms with van der Waals surface area (Å²) in [7, 11) is -1.50. The molecule has 0 spiro atoms. The highest BCUT2D eigenvalue weighted by molar-refractivity contribution is 6.80. The van der Waals surface area contributed by atoms with Crippen molar-refractivity contribution in [1.82, 2.24) is 20.4 Å². The van der Waals surface area contributed by atoms with Crippen molar-refractivity contribution < 1.29 is 14.3 Å². The van der Waals surface area contributed by atoms with Crippen molar-refractivity contribution >= 4 is 25.9 Å². The van der Waals surface area contributed by atoms with Crippen molar-refractivity contribution in [2.75, 3.05) is 11.9 Å². The van der Waals surface area contributed by atoms with Crippen LogP contribution in [0.3, 0.4) is 0 Å². The maximum atomic E-state index is 13.8. The molecule has 1 saturated carbocycles. The van der Waals surface area contributed by atoms with Crippen LogP contribution in [-0.4, -0.2) is 41.8 Å². The fourth-order valence-electron chi connectivity index (χ4n) is 6.19. The van der Waals surface area contributed by atoms with Crippen LogP contribution >= 0.6 is 0 Å². The molecule has 9 heteroatoms. The maximum absolute atomic E-state index is 13.8. The lowest BCUT2D eigenvalue weighted by Crippen LogP contribution is -2.48. The highest BCUT2D eigenvalue weighted by atomic mass is 28.3. The second-order valence-corrected chi connectivity index (χ2v) is 18.2. The van der Waals surface area contributed by atoms with Gasteiger partial charge in [0, 0.05) is 16.3 Å². The molecule has 216 valence electrons. The van der Waals surface area contributed by atoms with Crippen molar-refractivity contribution in [2.45, 2.75) is 75.9 Å². The topological polar surface area (TPSA) is 99.3 Å². The highest BCUT2D eigenvalue weighted by Gasteiger charge is 2.51. The van der Waals surface area contributed by atoms with Gasteiger partial charge in [-0.2, -0.15) is 5.10 Å². The van der Waals surface area contributed by atoms with Crippen LogP contribution in [0.2, 0.25) is 24.7 Å². The summed E-state index contributed by atoms with van der Waals surface area (Å²) in [5.74, 6) is 0.316. The number of carbonyl (C=O) groups is 2. The first-order valence-corrected chi connectivity index (χ1v) is 17.8. The number of aromatic amines is 1. The number of nitrogens with one attached hydrogen (secondary N) is 3. The van der Waals surface area contributed by atoms with Gasteiger partial charge in [-0.05, 0) is 44.4 Å². The molecule has 3 N–H and O–H groups in total. The van der Waals surface area contributed by atoms with Crippen molar-refractivity contribution in [3.8, 4) is 0 Å². The van der Waals surface area contributed by atoms with E-state index in [0.29, 0.717) is 12.1 Å². The molecule has 2 aromatic carbocycles. The normalized spacial score (nSPS) is 17.6.